The predicted octanol–water partition coefficient (Wildman–Crippen LogP) is 4.03. The minimum Gasteiger partial charge on any atom is -0.326 e. The molecule has 0 heterocycles. The molecule has 0 aliphatic rings. The molecule has 0 aliphatic heterocycles. The Bertz CT molecular complexity index is 662. The number of amides is 1. The third kappa shape index (κ3) is 5.70. The van der Waals surface area contributed by atoms with E-state index < -0.39 is 0 Å². The second-order valence-corrected chi connectivity index (χ2v) is 6.18. The van der Waals surface area contributed by atoms with Crippen LogP contribution in [0.3, 0.4) is 0 Å². The lowest BCUT2D eigenvalue weighted by Gasteiger charge is -2.11. The van der Waals surface area contributed by atoms with Crippen molar-refractivity contribution in [2.75, 3.05) is 5.32 Å². The van der Waals surface area contributed by atoms with Gasteiger partial charge in [0.25, 0.3) is 0 Å². The molecule has 0 saturated heterocycles. The summed E-state index contributed by atoms with van der Waals surface area (Å²) in [6.45, 7) is 4.07. The molecule has 0 spiro atoms. The highest BCUT2D eigenvalue weighted by atomic mass is 16.1. The minimum atomic E-state index is -0.0695. The van der Waals surface area contributed by atoms with Crippen LogP contribution in [0.1, 0.15) is 31.4 Å². The van der Waals surface area contributed by atoms with Crippen molar-refractivity contribution in [1.29, 1.82) is 0 Å². The molecule has 0 aliphatic carbocycles. The maximum atomic E-state index is 12.2. The molecule has 0 bridgehead atoms. The van der Waals surface area contributed by atoms with Crippen LogP contribution >= 0.6 is 0 Å². The molecule has 1 N–H and O–H groups in total. The van der Waals surface area contributed by atoms with Crippen LogP contribution in [0.25, 0.3) is 0 Å². The summed E-state index contributed by atoms with van der Waals surface area (Å²) >= 11 is 0. The smallest absolute Gasteiger partial charge is 0.228 e. The summed E-state index contributed by atoms with van der Waals surface area (Å²) in [5, 5.41) is 2.93. The summed E-state index contributed by atoms with van der Waals surface area (Å²) in [5.41, 5.74) is 2.57. The van der Waals surface area contributed by atoms with Gasteiger partial charge in [-0.3, -0.25) is 9.59 Å². The molecule has 2 rings (SSSR count). The Morgan fingerprint density at radius 2 is 1.57 bits per heavy atom. The van der Waals surface area contributed by atoms with Gasteiger partial charge in [0.15, 0.2) is 0 Å². The highest BCUT2D eigenvalue weighted by Gasteiger charge is 2.11. The fraction of sp³-hybridized carbons (Fsp3) is 0.300. The Kier molecular flexibility index (Phi) is 6.10. The van der Waals surface area contributed by atoms with Crippen molar-refractivity contribution in [3.63, 3.8) is 0 Å². The number of carbonyl (C=O) groups is 2. The number of ketones is 1. The summed E-state index contributed by atoms with van der Waals surface area (Å²) in [6, 6.07) is 17.1. The summed E-state index contributed by atoms with van der Waals surface area (Å²) in [7, 11) is 0. The van der Waals surface area contributed by atoms with Gasteiger partial charge in [0, 0.05) is 18.5 Å². The summed E-state index contributed by atoms with van der Waals surface area (Å²) in [6.07, 6.45) is 1.25. The minimum absolute atomic E-state index is 0.0695. The molecule has 0 fully saturated rings. The van der Waals surface area contributed by atoms with Gasteiger partial charge < -0.3 is 5.32 Å². The first kappa shape index (κ1) is 16.9. The number of benzene rings is 2. The lowest BCUT2D eigenvalue weighted by Crippen LogP contribution is -2.16. The van der Waals surface area contributed by atoms with Gasteiger partial charge in [-0.15, -0.1) is 0 Å². The van der Waals surface area contributed by atoms with E-state index in [9.17, 15) is 9.59 Å². The topological polar surface area (TPSA) is 46.2 Å². The summed E-state index contributed by atoms with van der Waals surface area (Å²) in [4.78, 5) is 24.2. The Morgan fingerprint density at radius 3 is 2.26 bits per heavy atom. The van der Waals surface area contributed by atoms with Crippen molar-refractivity contribution < 1.29 is 9.59 Å². The van der Waals surface area contributed by atoms with E-state index in [-0.39, 0.29) is 11.7 Å². The number of para-hydroxylation sites is 1. The molecular formula is C20H23NO2. The number of hydrogen-bond donors (Lipinski definition) is 1. The van der Waals surface area contributed by atoms with Crippen LogP contribution in [0.15, 0.2) is 54.6 Å². The molecule has 120 valence electrons. The first-order valence-corrected chi connectivity index (χ1v) is 7.98. The molecule has 3 nitrogen and oxygen atoms in total. The average Bonchev–Trinajstić information content (AvgIpc) is 2.49. The fourth-order valence-electron chi connectivity index (χ4n) is 2.51. The Balaban J connectivity index is 2.02. The molecule has 0 saturated carbocycles. The first-order valence-electron chi connectivity index (χ1n) is 7.98. The largest absolute Gasteiger partial charge is 0.326 e. The zero-order valence-electron chi connectivity index (χ0n) is 13.7. The molecule has 23 heavy (non-hydrogen) atoms. The van der Waals surface area contributed by atoms with Crippen LogP contribution in [-0.4, -0.2) is 11.7 Å². The number of hydrogen-bond acceptors (Lipinski definition) is 2. The van der Waals surface area contributed by atoms with E-state index in [1.807, 2.05) is 68.4 Å². The van der Waals surface area contributed by atoms with E-state index >= 15 is 0 Å². The number of carbonyl (C=O) groups excluding carboxylic acids is 2. The third-order valence-corrected chi connectivity index (χ3v) is 3.52. The van der Waals surface area contributed by atoms with Gasteiger partial charge in [-0.1, -0.05) is 62.4 Å². The van der Waals surface area contributed by atoms with Gasteiger partial charge in [0.2, 0.25) is 5.91 Å². The van der Waals surface area contributed by atoms with E-state index in [4.69, 9.17) is 0 Å². The van der Waals surface area contributed by atoms with Crippen LogP contribution in [0, 0.1) is 5.92 Å². The zero-order chi connectivity index (χ0) is 16.7. The standard InChI is InChI=1S/C20H23NO2/c1-15(2)12-18(22)14-17-10-6-7-11-19(17)21-20(23)13-16-8-4-3-5-9-16/h3-11,15H,12-14H2,1-2H3,(H,21,23). The summed E-state index contributed by atoms with van der Waals surface area (Å²) < 4.78 is 0. The van der Waals surface area contributed by atoms with Crippen molar-refractivity contribution in [1.82, 2.24) is 0 Å². The van der Waals surface area contributed by atoms with Crippen molar-refractivity contribution in [3.05, 3.63) is 65.7 Å². The number of rotatable bonds is 7. The maximum Gasteiger partial charge on any atom is 0.228 e. The molecule has 0 unspecified atom stereocenters. The molecular weight excluding hydrogens is 286 g/mol. The van der Waals surface area contributed by atoms with Crippen LogP contribution in [-0.2, 0) is 22.4 Å². The maximum absolute atomic E-state index is 12.2. The highest BCUT2D eigenvalue weighted by molar-refractivity contribution is 5.94. The van der Waals surface area contributed by atoms with Gasteiger partial charge in [-0.25, -0.2) is 0 Å². The van der Waals surface area contributed by atoms with E-state index in [0.29, 0.717) is 25.2 Å². The second kappa shape index (κ2) is 8.28. The Morgan fingerprint density at radius 1 is 0.913 bits per heavy atom. The average molecular weight is 309 g/mol. The van der Waals surface area contributed by atoms with E-state index in [1.54, 1.807) is 0 Å². The quantitative estimate of drug-likeness (QED) is 0.839. The van der Waals surface area contributed by atoms with Gasteiger partial charge in [-0.05, 0) is 23.1 Å². The van der Waals surface area contributed by atoms with Gasteiger partial charge in [0.05, 0.1) is 6.42 Å². The molecule has 0 aromatic heterocycles. The molecule has 0 atom stereocenters. The van der Waals surface area contributed by atoms with E-state index in [0.717, 1.165) is 16.8 Å². The van der Waals surface area contributed by atoms with Crippen molar-refractivity contribution in [3.8, 4) is 0 Å². The molecule has 1 amide bonds. The SMILES string of the molecule is CC(C)CC(=O)Cc1ccccc1NC(=O)Cc1ccccc1. The van der Waals surface area contributed by atoms with E-state index in [1.165, 1.54) is 0 Å². The Labute approximate surface area is 137 Å². The molecule has 2 aromatic rings. The van der Waals surface area contributed by atoms with Crippen molar-refractivity contribution in [2.45, 2.75) is 33.1 Å². The second-order valence-electron chi connectivity index (χ2n) is 6.18. The van der Waals surface area contributed by atoms with E-state index in [2.05, 4.69) is 5.32 Å². The predicted molar refractivity (Wildman–Crippen MR) is 93.4 cm³/mol. The Hall–Kier alpha value is -2.42. The number of nitrogens with one attached hydrogen (secondary N) is 1. The van der Waals surface area contributed by atoms with Crippen LogP contribution < -0.4 is 5.32 Å². The van der Waals surface area contributed by atoms with Gasteiger partial charge >= 0.3 is 0 Å². The van der Waals surface area contributed by atoms with Crippen LogP contribution in [0.5, 0.6) is 0 Å². The summed E-state index contributed by atoms with van der Waals surface area (Å²) in [5.74, 6) is 0.479. The normalized spacial score (nSPS) is 10.6. The van der Waals surface area contributed by atoms with Crippen molar-refractivity contribution >= 4 is 17.4 Å². The molecule has 0 radical (unpaired) electrons. The highest BCUT2D eigenvalue weighted by Crippen LogP contribution is 2.18. The van der Waals surface area contributed by atoms with Gasteiger partial charge in [-0.2, -0.15) is 0 Å². The third-order valence-electron chi connectivity index (χ3n) is 3.52. The molecule has 2 aromatic carbocycles. The monoisotopic (exact) mass is 309 g/mol. The van der Waals surface area contributed by atoms with Gasteiger partial charge in [0.1, 0.15) is 5.78 Å². The lowest BCUT2D eigenvalue weighted by molar-refractivity contribution is -0.119. The van der Waals surface area contributed by atoms with Crippen LogP contribution in [0.4, 0.5) is 5.69 Å². The number of Topliss-reactive ketones (excluding diaryl/α,β-unsaturated/α-hetero) is 1. The number of anilines is 1. The lowest BCUT2D eigenvalue weighted by atomic mass is 10.00. The molecule has 3 heteroatoms. The fourth-order valence-corrected chi connectivity index (χ4v) is 2.51. The zero-order valence-corrected chi connectivity index (χ0v) is 13.7. The first-order chi connectivity index (χ1) is 11.0. The van der Waals surface area contributed by atoms with Crippen molar-refractivity contribution in [2.24, 2.45) is 5.92 Å². The van der Waals surface area contributed by atoms with Crippen LogP contribution in [0.2, 0.25) is 0 Å².